The van der Waals surface area contributed by atoms with E-state index in [2.05, 4.69) is 9.84 Å². The Hall–Kier alpha value is -1.56. The molecule has 1 aromatic rings. The number of esters is 1. The average Bonchev–Trinajstić information content (AvgIpc) is 2.42. The van der Waals surface area contributed by atoms with Crippen LogP contribution in [0.25, 0.3) is 0 Å². The Bertz CT molecular complexity index is 346. The van der Waals surface area contributed by atoms with Crippen molar-refractivity contribution in [1.82, 2.24) is 9.78 Å². The third kappa shape index (κ3) is 1.69. The smallest absolute Gasteiger partial charge is 0.343 e. The molecule has 0 spiro atoms. The highest BCUT2D eigenvalue weighted by Gasteiger charge is 2.19. The van der Waals surface area contributed by atoms with Gasteiger partial charge >= 0.3 is 5.97 Å². The minimum absolute atomic E-state index is 0.0774. The van der Waals surface area contributed by atoms with Crippen molar-refractivity contribution in [2.45, 2.75) is 13.5 Å². The summed E-state index contributed by atoms with van der Waals surface area (Å²) in [6.07, 6.45) is 0. The first-order valence-corrected chi connectivity index (χ1v) is 4.13. The maximum atomic E-state index is 11.3. The highest BCUT2D eigenvalue weighted by molar-refractivity contribution is 5.95. The van der Waals surface area contributed by atoms with Gasteiger partial charge in [-0.25, -0.2) is 9.48 Å². The van der Waals surface area contributed by atoms with E-state index in [0.29, 0.717) is 5.69 Å². The molecule has 0 aliphatic rings. The van der Waals surface area contributed by atoms with Gasteiger partial charge in [0.25, 0.3) is 0 Å². The fourth-order valence-corrected chi connectivity index (χ4v) is 1.22. The molecule has 0 aliphatic heterocycles. The van der Waals surface area contributed by atoms with E-state index in [1.807, 2.05) is 0 Å². The number of carbonyl (C=O) groups excluding carboxylic acids is 1. The van der Waals surface area contributed by atoms with Gasteiger partial charge in [0.1, 0.15) is 11.4 Å². The molecule has 0 bridgehead atoms. The van der Waals surface area contributed by atoms with E-state index in [0.717, 1.165) is 0 Å². The van der Waals surface area contributed by atoms with Crippen molar-refractivity contribution in [3.8, 4) is 0 Å². The van der Waals surface area contributed by atoms with Crippen LogP contribution in [0, 0.1) is 6.92 Å². The predicted octanol–water partition coefficient (Wildman–Crippen LogP) is -0.447. The molecule has 0 fully saturated rings. The molecule has 1 rings (SSSR count). The molecule has 3 N–H and O–H groups in total. The van der Waals surface area contributed by atoms with Crippen LogP contribution in [0.2, 0.25) is 0 Å². The Morgan fingerprint density at radius 1 is 1.71 bits per heavy atom. The van der Waals surface area contributed by atoms with E-state index in [1.54, 1.807) is 6.92 Å². The maximum Gasteiger partial charge on any atom is 0.343 e. The van der Waals surface area contributed by atoms with Gasteiger partial charge in [-0.3, -0.25) is 0 Å². The number of hydrogen-bond acceptors (Lipinski definition) is 5. The van der Waals surface area contributed by atoms with Crippen LogP contribution in [-0.2, 0) is 11.3 Å². The lowest BCUT2D eigenvalue weighted by Crippen LogP contribution is -2.10. The number of nitrogen functional groups attached to an aromatic ring is 1. The normalized spacial score (nSPS) is 10.2. The van der Waals surface area contributed by atoms with Crippen LogP contribution in [0.4, 0.5) is 5.82 Å². The number of aromatic nitrogens is 2. The number of rotatable bonds is 3. The zero-order valence-electron chi connectivity index (χ0n) is 8.15. The molecular formula is C8H13N3O3. The SMILES string of the molecule is COC(=O)c1c(C)nn(CCO)c1N. The van der Waals surface area contributed by atoms with E-state index < -0.39 is 5.97 Å². The second kappa shape index (κ2) is 4.10. The van der Waals surface area contributed by atoms with Crippen molar-refractivity contribution < 1.29 is 14.6 Å². The zero-order valence-corrected chi connectivity index (χ0v) is 8.15. The average molecular weight is 199 g/mol. The second-order valence-corrected chi connectivity index (χ2v) is 2.78. The summed E-state index contributed by atoms with van der Waals surface area (Å²) in [5.41, 5.74) is 6.42. The molecule has 0 saturated carbocycles. The van der Waals surface area contributed by atoms with Gasteiger partial charge in [0.2, 0.25) is 0 Å². The molecule has 0 amide bonds. The Kier molecular flexibility index (Phi) is 3.08. The molecule has 0 saturated heterocycles. The summed E-state index contributed by atoms with van der Waals surface area (Å²) in [6, 6.07) is 0. The van der Waals surface area contributed by atoms with Crippen molar-refractivity contribution in [3.63, 3.8) is 0 Å². The summed E-state index contributed by atoms with van der Waals surface area (Å²) in [5.74, 6) is -0.285. The molecule has 0 unspecified atom stereocenters. The fraction of sp³-hybridized carbons (Fsp3) is 0.500. The van der Waals surface area contributed by atoms with E-state index >= 15 is 0 Å². The number of carbonyl (C=O) groups is 1. The summed E-state index contributed by atoms with van der Waals surface area (Å²) in [5, 5.41) is 12.7. The first kappa shape index (κ1) is 10.5. The van der Waals surface area contributed by atoms with E-state index in [9.17, 15) is 4.79 Å². The molecule has 6 nitrogen and oxygen atoms in total. The molecule has 1 heterocycles. The summed E-state index contributed by atoms with van der Waals surface area (Å²) in [6.45, 7) is 1.85. The molecule has 0 radical (unpaired) electrons. The molecule has 1 aromatic heterocycles. The van der Waals surface area contributed by atoms with Crippen LogP contribution in [0.5, 0.6) is 0 Å². The van der Waals surface area contributed by atoms with Gasteiger partial charge < -0.3 is 15.6 Å². The van der Waals surface area contributed by atoms with E-state index in [1.165, 1.54) is 11.8 Å². The standard InChI is InChI=1S/C8H13N3O3/c1-5-6(8(13)14-2)7(9)11(10-5)3-4-12/h12H,3-4,9H2,1-2H3. The Labute approximate surface area is 81.3 Å². The molecule has 14 heavy (non-hydrogen) atoms. The van der Waals surface area contributed by atoms with Crippen molar-refractivity contribution in [2.75, 3.05) is 19.5 Å². The third-order valence-electron chi connectivity index (χ3n) is 1.87. The molecule has 78 valence electrons. The number of nitrogens with zero attached hydrogens (tertiary/aromatic N) is 2. The van der Waals surface area contributed by atoms with Gasteiger partial charge in [-0.15, -0.1) is 0 Å². The Morgan fingerprint density at radius 3 is 2.86 bits per heavy atom. The first-order valence-electron chi connectivity index (χ1n) is 4.13. The van der Waals surface area contributed by atoms with Gasteiger partial charge in [-0.1, -0.05) is 0 Å². The molecule has 6 heteroatoms. The fourth-order valence-electron chi connectivity index (χ4n) is 1.22. The topological polar surface area (TPSA) is 90.4 Å². The quantitative estimate of drug-likeness (QED) is 0.643. The number of methoxy groups -OCH3 is 1. The van der Waals surface area contributed by atoms with Crippen LogP contribution in [0.1, 0.15) is 16.1 Å². The highest BCUT2D eigenvalue weighted by Crippen LogP contribution is 2.16. The van der Waals surface area contributed by atoms with Gasteiger partial charge in [0.15, 0.2) is 0 Å². The summed E-state index contributed by atoms with van der Waals surface area (Å²) in [4.78, 5) is 11.3. The number of aliphatic hydroxyl groups excluding tert-OH is 1. The molecule has 0 atom stereocenters. The van der Waals surface area contributed by atoms with Crippen LogP contribution in [0.3, 0.4) is 0 Å². The monoisotopic (exact) mass is 199 g/mol. The number of aliphatic hydroxyl groups is 1. The van der Waals surface area contributed by atoms with E-state index in [-0.39, 0.29) is 24.5 Å². The van der Waals surface area contributed by atoms with Crippen molar-refractivity contribution in [2.24, 2.45) is 0 Å². The molecular weight excluding hydrogens is 186 g/mol. The van der Waals surface area contributed by atoms with Gasteiger partial charge in [-0.05, 0) is 6.92 Å². The lowest BCUT2D eigenvalue weighted by atomic mass is 10.2. The summed E-state index contributed by atoms with van der Waals surface area (Å²) in [7, 11) is 1.28. The van der Waals surface area contributed by atoms with Crippen LogP contribution >= 0.6 is 0 Å². The minimum Gasteiger partial charge on any atom is -0.465 e. The van der Waals surface area contributed by atoms with Crippen LogP contribution in [0.15, 0.2) is 0 Å². The van der Waals surface area contributed by atoms with E-state index in [4.69, 9.17) is 10.8 Å². The maximum absolute atomic E-state index is 11.3. The number of ether oxygens (including phenoxy) is 1. The Balaban J connectivity index is 3.11. The number of hydrogen-bond donors (Lipinski definition) is 2. The predicted molar refractivity (Wildman–Crippen MR) is 49.8 cm³/mol. The van der Waals surface area contributed by atoms with Crippen molar-refractivity contribution in [1.29, 1.82) is 0 Å². The first-order chi connectivity index (χ1) is 6.61. The minimum atomic E-state index is -0.510. The molecule has 0 aliphatic carbocycles. The largest absolute Gasteiger partial charge is 0.465 e. The highest BCUT2D eigenvalue weighted by atomic mass is 16.5. The number of anilines is 1. The lowest BCUT2D eigenvalue weighted by Gasteiger charge is -2.01. The van der Waals surface area contributed by atoms with Gasteiger partial charge in [-0.2, -0.15) is 5.10 Å². The van der Waals surface area contributed by atoms with Crippen molar-refractivity contribution in [3.05, 3.63) is 11.3 Å². The molecule has 0 aromatic carbocycles. The summed E-state index contributed by atoms with van der Waals surface area (Å²) >= 11 is 0. The third-order valence-corrected chi connectivity index (χ3v) is 1.87. The van der Waals surface area contributed by atoms with Crippen LogP contribution < -0.4 is 5.73 Å². The zero-order chi connectivity index (χ0) is 10.7. The number of nitrogens with two attached hydrogens (primary N) is 1. The lowest BCUT2D eigenvalue weighted by molar-refractivity contribution is 0.0601. The Morgan fingerprint density at radius 2 is 2.36 bits per heavy atom. The van der Waals surface area contributed by atoms with Crippen molar-refractivity contribution >= 4 is 11.8 Å². The summed E-state index contributed by atoms with van der Waals surface area (Å²) < 4.78 is 5.93. The van der Waals surface area contributed by atoms with Gasteiger partial charge in [0.05, 0.1) is 26.0 Å². The van der Waals surface area contributed by atoms with Gasteiger partial charge in [0, 0.05) is 0 Å². The second-order valence-electron chi connectivity index (χ2n) is 2.78. The van der Waals surface area contributed by atoms with Crippen LogP contribution in [-0.4, -0.2) is 34.6 Å². The number of aryl methyl sites for hydroxylation is 1.